The normalized spacial score (nSPS) is 15.4. The van der Waals surface area contributed by atoms with Crippen molar-refractivity contribution >= 4 is 11.8 Å². The molecule has 0 spiro atoms. The maximum absolute atomic E-state index is 3.41. The van der Waals surface area contributed by atoms with Crippen LogP contribution in [0.1, 0.15) is 30.5 Å². The van der Waals surface area contributed by atoms with Gasteiger partial charge in [-0.05, 0) is 34.9 Å². The average molecular weight is 221 g/mol. The van der Waals surface area contributed by atoms with Gasteiger partial charge in [-0.25, -0.2) is 0 Å². The summed E-state index contributed by atoms with van der Waals surface area (Å²) < 4.78 is 0. The maximum atomic E-state index is 3.41. The van der Waals surface area contributed by atoms with Gasteiger partial charge in [-0.3, -0.25) is 0 Å². The topological polar surface area (TPSA) is 12.0 Å². The van der Waals surface area contributed by atoms with Crippen molar-refractivity contribution in [2.45, 2.75) is 37.8 Å². The van der Waals surface area contributed by atoms with Crippen LogP contribution >= 0.6 is 11.8 Å². The van der Waals surface area contributed by atoms with Crippen molar-refractivity contribution in [3.05, 3.63) is 34.9 Å². The predicted octanol–water partition coefficient (Wildman–Crippen LogP) is 2.97. The van der Waals surface area contributed by atoms with Crippen molar-refractivity contribution in [3.63, 3.8) is 0 Å². The van der Waals surface area contributed by atoms with Gasteiger partial charge in [0, 0.05) is 12.3 Å². The van der Waals surface area contributed by atoms with E-state index in [1.807, 2.05) is 11.8 Å². The highest BCUT2D eigenvalue weighted by Gasteiger charge is 2.08. The summed E-state index contributed by atoms with van der Waals surface area (Å²) >= 11 is 2.02. The van der Waals surface area contributed by atoms with Gasteiger partial charge >= 0.3 is 0 Å². The lowest BCUT2D eigenvalue weighted by atomic mass is 9.99. The molecule has 0 aliphatic carbocycles. The molecule has 1 nitrogen and oxygen atoms in total. The van der Waals surface area contributed by atoms with E-state index in [4.69, 9.17) is 0 Å². The molecule has 2 rings (SSSR count). The van der Waals surface area contributed by atoms with Crippen molar-refractivity contribution in [1.82, 2.24) is 5.32 Å². The Hall–Kier alpha value is -0.470. The number of thioether (sulfide) groups is 1. The van der Waals surface area contributed by atoms with E-state index < -0.39 is 0 Å². The average Bonchev–Trinajstić information content (AvgIpc) is 2.26. The monoisotopic (exact) mass is 221 g/mol. The van der Waals surface area contributed by atoms with Crippen molar-refractivity contribution in [2.75, 3.05) is 6.54 Å². The third-order valence-corrected chi connectivity index (χ3v) is 3.91. The summed E-state index contributed by atoms with van der Waals surface area (Å²) in [5.41, 5.74) is 4.52. The number of hydrogen-bond donors (Lipinski definition) is 1. The summed E-state index contributed by atoms with van der Waals surface area (Å²) in [6, 6.07) is 6.96. The van der Waals surface area contributed by atoms with Crippen LogP contribution in [-0.2, 0) is 18.7 Å². The summed E-state index contributed by atoms with van der Waals surface area (Å²) in [6.07, 6.45) is 1.19. The van der Waals surface area contributed by atoms with Crippen LogP contribution in [0.2, 0.25) is 0 Å². The number of rotatable bonds is 3. The van der Waals surface area contributed by atoms with Crippen LogP contribution in [0.3, 0.4) is 0 Å². The fourth-order valence-corrected chi connectivity index (χ4v) is 2.59. The van der Waals surface area contributed by atoms with E-state index in [0.717, 1.165) is 24.1 Å². The highest BCUT2D eigenvalue weighted by molar-refractivity contribution is 7.99. The van der Waals surface area contributed by atoms with Crippen LogP contribution in [0.15, 0.2) is 18.2 Å². The first-order valence-electron chi connectivity index (χ1n) is 5.68. The zero-order valence-corrected chi connectivity index (χ0v) is 10.4. The molecule has 0 saturated heterocycles. The molecule has 1 N–H and O–H groups in total. The molecule has 1 aliphatic heterocycles. The van der Waals surface area contributed by atoms with E-state index >= 15 is 0 Å². The molecule has 1 aromatic rings. The Bertz CT molecular complexity index is 333. The van der Waals surface area contributed by atoms with Gasteiger partial charge in [-0.1, -0.05) is 32.0 Å². The molecule has 0 saturated carbocycles. The van der Waals surface area contributed by atoms with Gasteiger partial charge in [-0.15, -0.1) is 0 Å². The Kier molecular flexibility index (Phi) is 3.71. The molecule has 1 heterocycles. The van der Waals surface area contributed by atoms with Crippen LogP contribution in [0, 0.1) is 0 Å². The summed E-state index contributed by atoms with van der Waals surface area (Å²) in [5.74, 6) is 1.15. The Morgan fingerprint density at radius 2 is 2.20 bits per heavy atom. The first kappa shape index (κ1) is 11.0. The maximum Gasteiger partial charge on any atom is 0.0208 e. The number of benzene rings is 1. The van der Waals surface area contributed by atoms with Gasteiger partial charge in [0.15, 0.2) is 0 Å². The molecule has 0 bridgehead atoms. The second-order valence-electron chi connectivity index (χ2n) is 4.39. The number of fused-ring (bicyclic) bond motifs is 1. The zero-order valence-electron chi connectivity index (χ0n) is 9.55. The lowest BCUT2D eigenvalue weighted by Crippen LogP contribution is -2.23. The minimum atomic E-state index is 0.725. The lowest BCUT2D eigenvalue weighted by Gasteiger charge is -2.18. The molecule has 0 atom stereocenters. The van der Waals surface area contributed by atoms with Crippen molar-refractivity contribution in [2.24, 2.45) is 0 Å². The standard InChI is InChI=1S/C13H19NS/c1-10(2)15-9-11-3-4-13-8-14-6-5-12(13)7-11/h3-4,7,10,14H,5-6,8-9H2,1-2H3. The lowest BCUT2D eigenvalue weighted by molar-refractivity contribution is 0.643. The van der Waals surface area contributed by atoms with E-state index in [1.165, 1.54) is 17.5 Å². The molecular weight excluding hydrogens is 202 g/mol. The molecule has 2 heteroatoms. The first-order chi connectivity index (χ1) is 7.25. The van der Waals surface area contributed by atoms with Crippen LogP contribution in [0.5, 0.6) is 0 Å². The van der Waals surface area contributed by atoms with Gasteiger partial charge in [-0.2, -0.15) is 11.8 Å². The van der Waals surface area contributed by atoms with Crippen LogP contribution in [0.4, 0.5) is 0 Å². The van der Waals surface area contributed by atoms with Gasteiger partial charge in [0.1, 0.15) is 0 Å². The quantitative estimate of drug-likeness (QED) is 0.842. The molecule has 0 aromatic heterocycles. The largest absolute Gasteiger partial charge is 0.312 e. The Morgan fingerprint density at radius 3 is 3.00 bits per heavy atom. The summed E-state index contributed by atoms with van der Waals surface area (Å²) in [7, 11) is 0. The van der Waals surface area contributed by atoms with Crippen LogP contribution in [-0.4, -0.2) is 11.8 Å². The predicted molar refractivity (Wildman–Crippen MR) is 68.3 cm³/mol. The molecular formula is C13H19NS. The second-order valence-corrected chi connectivity index (χ2v) is 5.95. The SMILES string of the molecule is CC(C)SCc1ccc2c(c1)CCNC2. The van der Waals surface area contributed by atoms with Crippen LogP contribution < -0.4 is 5.32 Å². The fourth-order valence-electron chi connectivity index (χ4n) is 1.88. The molecule has 15 heavy (non-hydrogen) atoms. The minimum absolute atomic E-state index is 0.725. The van der Waals surface area contributed by atoms with E-state index in [2.05, 4.69) is 37.4 Å². The van der Waals surface area contributed by atoms with E-state index in [-0.39, 0.29) is 0 Å². The first-order valence-corrected chi connectivity index (χ1v) is 6.73. The van der Waals surface area contributed by atoms with Crippen LogP contribution in [0.25, 0.3) is 0 Å². The van der Waals surface area contributed by atoms with Crippen molar-refractivity contribution in [1.29, 1.82) is 0 Å². The zero-order chi connectivity index (χ0) is 10.7. The van der Waals surface area contributed by atoms with Gasteiger partial charge in [0.2, 0.25) is 0 Å². The van der Waals surface area contributed by atoms with Crippen molar-refractivity contribution in [3.8, 4) is 0 Å². The Morgan fingerprint density at radius 1 is 1.33 bits per heavy atom. The Labute approximate surface area is 96.7 Å². The number of nitrogens with one attached hydrogen (secondary N) is 1. The third-order valence-electron chi connectivity index (χ3n) is 2.74. The smallest absolute Gasteiger partial charge is 0.0208 e. The number of hydrogen-bond acceptors (Lipinski definition) is 2. The minimum Gasteiger partial charge on any atom is -0.312 e. The second kappa shape index (κ2) is 5.04. The Balaban J connectivity index is 2.07. The highest BCUT2D eigenvalue weighted by atomic mass is 32.2. The van der Waals surface area contributed by atoms with E-state index in [1.54, 1.807) is 5.56 Å². The summed E-state index contributed by atoms with van der Waals surface area (Å²) in [4.78, 5) is 0. The summed E-state index contributed by atoms with van der Waals surface area (Å²) in [5, 5.41) is 4.13. The van der Waals surface area contributed by atoms with Gasteiger partial charge in [0.05, 0.1) is 0 Å². The molecule has 0 fully saturated rings. The molecule has 1 aromatic carbocycles. The van der Waals surface area contributed by atoms with Crippen molar-refractivity contribution < 1.29 is 0 Å². The molecule has 82 valence electrons. The molecule has 0 amide bonds. The molecule has 1 aliphatic rings. The fraction of sp³-hybridized carbons (Fsp3) is 0.538. The third kappa shape index (κ3) is 2.99. The molecule has 0 unspecified atom stereocenters. The summed E-state index contributed by atoms with van der Waals surface area (Å²) in [6.45, 7) is 6.70. The highest BCUT2D eigenvalue weighted by Crippen LogP contribution is 2.21. The van der Waals surface area contributed by atoms with E-state index in [0.29, 0.717) is 0 Å². The van der Waals surface area contributed by atoms with E-state index in [9.17, 15) is 0 Å². The van der Waals surface area contributed by atoms with Gasteiger partial charge in [0.25, 0.3) is 0 Å². The molecule has 0 radical (unpaired) electrons. The van der Waals surface area contributed by atoms with Gasteiger partial charge < -0.3 is 5.32 Å².